The second-order valence-corrected chi connectivity index (χ2v) is 6.19. The first-order valence-corrected chi connectivity index (χ1v) is 8.03. The number of rotatable bonds is 5. The molecule has 27 heavy (non-hydrogen) atoms. The van der Waals surface area contributed by atoms with Gasteiger partial charge in [0, 0.05) is 5.56 Å². The van der Waals surface area contributed by atoms with Crippen molar-refractivity contribution in [2.24, 2.45) is 5.73 Å². The summed E-state index contributed by atoms with van der Waals surface area (Å²) in [5.41, 5.74) is 5.97. The molecule has 2 aromatic rings. The summed E-state index contributed by atoms with van der Waals surface area (Å²) in [4.78, 5) is 35.5. The van der Waals surface area contributed by atoms with Gasteiger partial charge >= 0.3 is 18.0 Å². The Morgan fingerprint density at radius 2 is 1.93 bits per heavy atom. The van der Waals surface area contributed by atoms with E-state index in [2.05, 4.69) is 5.32 Å². The number of nitrogens with one attached hydrogen (secondary N) is 1. The van der Waals surface area contributed by atoms with Crippen molar-refractivity contribution in [2.45, 2.75) is 12.6 Å². The van der Waals surface area contributed by atoms with Gasteiger partial charge in [-0.15, -0.1) is 0 Å². The van der Waals surface area contributed by atoms with Crippen LogP contribution in [0, 0.1) is 5.82 Å². The van der Waals surface area contributed by atoms with E-state index in [-0.39, 0.29) is 13.1 Å². The fourth-order valence-corrected chi connectivity index (χ4v) is 2.91. The monoisotopic (exact) mass is 374 g/mol. The normalized spacial score (nSPS) is 21.5. The number of carbonyl (C=O) groups is 3. The number of nitrogens with zero attached hydrogens (tertiary/aromatic N) is 1. The van der Waals surface area contributed by atoms with E-state index in [0.29, 0.717) is 17.1 Å². The molecule has 0 saturated carbocycles. The van der Waals surface area contributed by atoms with Gasteiger partial charge in [-0.25, -0.2) is 18.8 Å². The van der Waals surface area contributed by atoms with Gasteiger partial charge in [-0.1, -0.05) is 12.1 Å². The summed E-state index contributed by atoms with van der Waals surface area (Å²) >= 11 is 0. The molecule has 1 saturated heterocycles. The fourth-order valence-electron chi connectivity index (χ4n) is 2.91. The van der Waals surface area contributed by atoms with Crippen LogP contribution in [0.25, 0.3) is 0 Å². The van der Waals surface area contributed by atoms with Gasteiger partial charge in [0.15, 0.2) is 6.04 Å². The van der Waals surface area contributed by atoms with Crippen LogP contribution in [-0.2, 0) is 11.3 Å². The molecule has 2 atom stereocenters. The zero-order valence-corrected chi connectivity index (χ0v) is 14.1. The number of halogens is 1. The Bertz CT molecular complexity index is 902. The van der Waals surface area contributed by atoms with E-state index in [9.17, 15) is 18.8 Å². The zero-order valence-electron chi connectivity index (χ0n) is 14.1. The molecule has 1 heterocycles. The number of benzene rings is 2. The lowest BCUT2D eigenvalue weighted by Gasteiger charge is -2.24. The first-order valence-electron chi connectivity index (χ1n) is 8.03. The van der Waals surface area contributed by atoms with Crippen molar-refractivity contribution in [3.05, 3.63) is 59.9 Å². The van der Waals surface area contributed by atoms with E-state index in [4.69, 9.17) is 15.6 Å². The molecule has 0 radical (unpaired) electrons. The van der Waals surface area contributed by atoms with Crippen molar-refractivity contribution < 1.29 is 33.1 Å². The Balaban J connectivity index is 1.83. The Labute approximate surface area is 153 Å². The van der Waals surface area contributed by atoms with Crippen LogP contribution in [0.4, 0.5) is 14.0 Å². The summed E-state index contributed by atoms with van der Waals surface area (Å²) in [7, 11) is 0. The van der Waals surface area contributed by atoms with Crippen molar-refractivity contribution in [2.75, 3.05) is 6.54 Å². The standard InChI is InChI=1S/C18H16FN3O5/c19-12-4-6-13(7-5-12)27-14-3-1-2-11(8-14)9-22(17(20)25)10-15(16(23)24)21-18(22)26/h1-8,15H,9-10H2,(H3-,20,21,23,24,25,26)/p+1/t15-,22?/m1/s1. The summed E-state index contributed by atoms with van der Waals surface area (Å²) in [6.45, 7) is -0.405. The van der Waals surface area contributed by atoms with E-state index < -0.39 is 34.4 Å². The number of ether oxygens (including phenoxy) is 1. The number of urea groups is 2. The van der Waals surface area contributed by atoms with E-state index in [0.717, 1.165) is 0 Å². The van der Waals surface area contributed by atoms with Gasteiger partial charge < -0.3 is 15.6 Å². The molecule has 1 unspecified atom stereocenters. The number of nitrogens with two attached hydrogens (primary N) is 1. The molecule has 0 aliphatic carbocycles. The number of quaternary nitrogens is 1. The highest BCUT2D eigenvalue weighted by Gasteiger charge is 2.54. The van der Waals surface area contributed by atoms with Crippen LogP contribution >= 0.6 is 0 Å². The summed E-state index contributed by atoms with van der Waals surface area (Å²) in [6, 6.07) is 9.13. The second kappa shape index (κ2) is 7.04. The number of imide groups is 1. The molecule has 1 aliphatic heterocycles. The molecule has 3 rings (SSSR count). The number of hydrogen-bond acceptors (Lipinski definition) is 4. The van der Waals surface area contributed by atoms with E-state index in [1.54, 1.807) is 24.3 Å². The SMILES string of the molecule is NC(=O)[N+]1(Cc2cccc(Oc3ccc(F)cc3)c2)C[C@H](C(=O)O)NC1=O. The van der Waals surface area contributed by atoms with Crippen LogP contribution < -0.4 is 15.8 Å². The number of aliphatic carboxylic acids is 1. The lowest BCUT2D eigenvalue weighted by molar-refractivity contribution is -0.771. The third kappa shape index (κ3) is 3.72. The third-order valence-electron chi connectivity index (χ3n) is 4.30. The summed E-state index contributed by atoms with van der Waals surface area (Å²) in [6.07, 6.45) is 0. The van der Waals surface area contributed by atoms with E-state index >= 15 is 0 Å². The average molecular weight is 374 g/mol. The van der Waals surface area contributed by atoms with Crippen LogP contribution in [0.15, 0.2) is 48.5 Å². The molecule has 0 spiro atoms. The van der Waals surface area contributed by atoms with Gasteiger partial charge in [-0.05, 0) is 36.4 Å². The average Bonchev–Trinajstić information content (AvgIpc) is 2.95. The minimum atomic E-state index is -1.24. The second-order valence-electron chi connectivity index (χ2n) is 6.19. The molecular weight excluding hydrogens is 357 g/mol. The Kier molecular flexibility index (Phi) is 4.78. The van der Waals surface area contributed by atoms with Crippen molar-refractivity contribution >= 4 is 18.0 Å². The van der Waals surface area contributed by atoms with Crippen molar-refractivity contribution in [3.8, 4) is 11.5 Å². The quantitative estimate of drug-likeness (QED) is 0.693. The molecule has 140 valence electrons. The molecule has 0 aromatic heterocycles. The Morgan fingerprint density at radius 3 is 2.52 bits per heavy atom. The van der Waals surface area contributed by atoms with Gasteiger partial charge in [0.1, 0.15) is 30.4 Å². The van der Waals surface area contributed by atoms with Crippen molar-refractivity contribution in [1.29, 1.82) is 0 Å². The van der Waals surface area contributed by atoms with Gasteiger partial charge in [0.25, 0.3) is 0 Å². The van der Waals surface area contributed by atoms with Gasteiger partial charge in [-0.2, -0.15) is 4.48 Å². The third-order valence-corrected chi connectivity index (χ3v) is 4.30. The molecule has 8 nitrogen and oxygen atoms in total. The summed E-state index contributed by atoms with van der Waals surface area (Å²) < 4.78 is 17.8. The highest BCUT2D eigenvalue weighted by atomic mass is 19.1. The fraction of sp³-hybridized carbons (Fsp3) is 0.167. The number of carbonyl (C=O) groups excluding carboxylic acids is 2. The van der Waals surface area contributed by atoms with Crippen LogP contribution in [-0.4, -0.2) is 40.2 Å². The molecule has 9 heteroatoms. The maximum atomic E-state index is 13.0. The Morgan fingerprint density at radius 1 is 1.22 bits per heavy atom. The number of primary amides is 1. The van der Waals surface area contributed by atoms with Crippen LogP contribution in [0.1, 0.15) is 5.56 Å². The number of carboxylic acids is 1. The van der Waals surface area contributed by atoms with Crippen molar-refractivity contribution in [1.82, 2.24) is 5.32 Å². The minimum absolute atomic E-state index is 0.119. The van der Waals surface area contributed by atoms with E-state index in [1.807, 2.05) is 0 Å². The topological polar surface area (TPSA) is 119 Å². The van der Waals surface area contributed by atoms with Crippen molar-refractivity contribution in [3.63, 3.8) is 0 Å². The molecule has 1 fully saturated rings. The highest BCUT2D eigenvalue weighted by Crippen LogP contribution is 2.26. The molecule has 2 aromatic carbocycles. The predicted molar refractivity (Wildman–Crippen MR) is 91.3 cm³/mol. The molecule has 0 bridgehead atoms. The molecular formula is C18H17FN3O5+. The minimum Gasteiger partial charge on any atom is -0.480 e. The molecule has 1 aliphatic rings. The smallest absolute Gasteiger partial charge is 0.426 e. The van der Waals surface area contributed by atoms with Gasteiger partial charge in [0.2, 0.25) is 0 Å². The molecule has 4 N–H and O–H groups in total. The van der Waals surface area contributed by atoms with Crippen LogP contribution in [0.3, 0.4) is 0 Å². The van der Waals surface area contributed by atoms with Gasteiger partial charge in [0.05, 0.1) is 0 Å². The predicted octanol–water partition coefficient (Wildman–Crippen LogP) is 2.19. The lowest BCUT2D eigenvalue weighted by atomic mass is 10.1. The highest BCUT2D eigenvalue weighted by molar-refractivity contribution is 5.89. The first kappa shape index (κ1) is 18.3. The van der Waals surface area contributed by atoms with Gasteiger partial charge in [-0.3, -0.25) is 5.32 Å². The maximum Gasteiger partial charge on any atom is 0.426 e. The number of hydrogen-bond donors (Lipinski definition) is 3. The maximum absolute atomic E-state index is 13.0. The summed E-state index contributed by atoms with van der Waals surface area (Å²) in [5, 5.41) is 11.4. The summed E-state index contributed by atoms with van der Waals surface area (Å²) in [5.74, 6) is -0.802. The largest absolute Gasteiger partial charge is 0.480 e. The number of amides is 4. The lowest BCUT2D eigenvalue weighted by Crippen LogP contribution is -2.57. The number of carboxylic acid groups (broad SMARTS) is 1. The van der Waals surface area contributed by atoms with E-state index in [1.165, 1.54) is 24.3 Å². The van der Waals surface area contributed by atoms with Crippen LogP contribution in [0.5, 0.6) is 11.5 Å². The Hall–Kier alpha value is -3.46. The zero-order chi connectivity index (χ0) is 19.6. The molecule has 4 amide bonds. The first-order chi connectivity index (χ1) is 12.8. The van der Waals surface area contributed by atoms with Crippen LogP contribution in [0.2, 0.25) is 0 Å².